The van der Waals surface area contributed by atoms with E-state index in [0.717, 1.165) is 27.4 Å². The van der Waals surface area contributed by atoms with Gasteiger partial charge in [-0.3, -0.25) is 4.98 Å². The number of benzene rings is 2. The first-order valence-corrected chi connectivity index (χ1v) is 8.57. The van der Waals surface area contributed by atoms with E-state index in [0.29, 0.717) is 11.3 Å². The summed E-state index contributed by atoms with van der Waals surface area (Å²) in [7, 11) is 0. The first-order valence-electron chi connectivity index (χ1n) is 8.57. The Morgan fingerprint density at radius 3 is 2.42 bits per heavy atom. The molecule has 2 aromatic heterocycles. The summed E-state index contributed by atoms with van der Waals surface area (Å²) in [6.07, 6.45) is 1.74. The van der Waals surface area contributed by atoms with Crippen molar-refractivity contribution in [2.75, 3.05) is 5.73 Å². The van der Waals surface area contributed by atoms with Crippen LogP contribution >= 0.6 is 0 Å². The summed E-state index contributed by atoms with van der Waals surface area (Å²) in [5.74, 6) is 7.15. The van der Waals surface area contributed by atoms with Gasteiger partial charge < -0.3 is 5.73 Å². The lowest BCUT2D eigenvalue weighted by Crippen LogP contribution is -1.97. The van der Waals surface area contributed by atoms with Gasteiger partial charge in [-0.2, -0.15) is 0 Å². The third-order valence-corrected chi connectivity index (χ3v) is 4.61. The number of anilines is 1. The summed E-state index contributed by atoms with van der Waals surface area (Å²) in [6.45, 7) is 6.31. The second kappa shape index (κ2) is 6.16. The number of rotatable bonds is 0. The summed E-state index contributed by atoms with van der Waals surface area (Å²) in [6, 6.07) is 14.2. The number of aryl methyl sites for hydroxylation is 3. The van der Waals surface area contributed by atoms with Gasteiger partial charge in [-0.15, -0.1) is 0 Å². The maximum atomic E-state index is 6.14. The minimum absolute atomic E-state index is 0.435. The van der Waals surface area contributed by atoms with E-state index in [1.165, 1.54) is 16.7 Å². The summed E-state index contributed by atoms with van der Waals surface area (Å²) >= 11 is 0. The van der Waals surface area contributed by atoms with Gasteiger partial charge in [0.2, 0.25) is 0 Å². The van der Waals surface area contributed by atoms with Crippen molar-refractivity contribution in [3.8, 4) is 11.8 Å². The molecule has 2 N–H and O–H groups in total. The highest BCUT2D eigenvalue weighted by molar-refractivity contribution is 6.10. The maximum Gasteiger partial charge on any atom is 0.150 e. The average Bonchev–Trinajstić information content (AvgIpc) is 2.61. The Balaban J connectivity index is 2.00. The number of hydrogen-bond acceptors (Lipinski definition) is 3. The van der Waals surface area contributed by atoms with Gasteiger partial charge in [0.05, 0.1) is 5.52 Å². The Hall–Kier alpha value is -3.38. The highest BCUT2D eigenvalue weighted by atomic mass is 14.9. The normalized spacial score (nSPS) is 10.7. The molecule has 0 unspecified atom stereocenters. The molecule has 0 bridgehead atoms. The molecular formula is C23H19N3. The molecule has 0 aliphatic carbocycles. The molecule has 0 spiro atoms. The molecule has 4 aromatic rings. The third-order valence-electron chi connectivity index (χ3n) is 4.61. The molecule has 0 saturated carbocycles. The largest absolute Gasteiger partial charge is 0.382 e. The van der Waals surface area contributed by atoms with Crippen molar-refractivity contribution in [1.82, 2.24) is 9.97 Å². The second-order valence-electron chi connectivity index (χ2n) is 6.62. The minimum atomic E-state index is 0.435. The van der Waals surface area contributed by atoms with Crippen LogP contribution in [0.1, 0.15) is 27.8 Å². The Bertz CT molecular complexity index is 1200. The number of nitrogens with zero attached hydrogens (tertiary/aromatic N) is 2. The number of nitrogen functional groups attached to an aromatic ring is 1. The Morgan fingerprint density at radius 2 is 1.65 bits per heavy atom. The lowest BCUT2D eigenvalue weighted by molar-refractivity contribution is 1.30. The van der Waals surface area contributed by atoms with Crippen LogP contribution in [0.15, 0.2) is 48.7 Å². The molecule has 0 fully saturated rings. The fourth-order valence-corrected chi connectivity index (χ4v) is 3.51. The van der Waals surface area contributed by atoms with Crippen molar-refractivity contribution in [2.24, 2.45) is 0 Å². The number of para-hydroxylation sites is 1. The van der Waals surface area contributed by atoms with Crippen LogP contribution in [-0.4, -0.2) is 9.97 Å². The van der Waals surface area contributed by atoms with Gasteiger partial charge in [0.1, 0.15) is 5.52 Å². The summed E-state index contributed by atoms with van der Waals surface area (Å²) in [5, 5.41) is 1.98. The second-order valence-corrected chi connectivity index (χ2v) is 6.62. The monoisotopic (exact) mass is 337 g/mol. The van der Waals surface area contributed by atoms with Gasteiger partial charge in [0.25, 0.3) is 0 Å². The van der Waals surface area contributed by atoms with Gasteiger partial charge in [-0.1, -0.05) is 47.7 Å². The number of nitrogens with two attached hydrogens (primary N) is 1. The van der Waals surface area contributed by atoms with Crippen LogP contribution in [0.4, 0.5) is 5.82 Å². The van der Waals surface area contributed by atoms with Crippen molar-refractivity contribution >= 4 is 27.6 Å². The maximum absolute atomic E-state index is 6.14. The summed E-state index contributed by atoms with van der Waals surface area (Å²) in [5.41, 5.74) is 13.3. The van der Waals surface area contributed by atoms with E-state index >= 15 is 0 Å². The van der Waals surface area contributed by atoms with Crippen LogP contribution in [0.2, 0.25) is 0 Å². The zero-order valence-corrected chi connectivity index (χ0v) is 15.1. The molecule has 0 atom stereocenters. The van der Waals surface area contributed by atoms with Crippen LogP contribution in [0.25, 0.3) is 21.8 Å². The Morgan fingerprint density at radius 1 is 0.923 bits per heavy atom. The van der Waals surface area contributed by atoms with E-state index in [9.17, 15) is 0 Å². The number of hydrogen-bond donors (Lipinski definition) is 1. The number of fused-ring (bicyclic) bond motifs is 3. The summed E-state index contributed by atoms with van der Waals surface area (Å²) in [4.78, 5) is 8.91. The molecule has 0 aliphatic heterocycles. The van der Waals surface area contributed by atoms with E-state index in [-0.39, 0.29) is 0 Å². The van der Waals surface area contributed by atoms with E-state index in [4.69, 9.17) is 5.73 Å². The molecule has 126 valence electrons. The molecule has 2 heterocycles. The van der Waals surface area contributed by atoms with Crippen LogP contribution in [0.5, 0.6) is 0 Å². The molecule has 0 radical (unpaired) electrons. The topological polar surface area (TPSA) is 51.8 Å². The van der Waals surface area contributed by atoms with Crippen molar-refractivity contribution < 1.29 is 0 Å². The van der Waals surface area contributed by atoms with Crippen LogP contribution in [0.3, 0.4) is 0 Å². The fourth-order valence-electron chi connectivity index (χ4n) is 3.51. The molecule has 0 aliphatic rings. The average molecular weight is 337 g/mol. The molecule has 2 aromatic carbocycles. The van der Waals surface area contributed by atoms with Crippen LogP contribution in [0, 0.1) is 32.6 Å². The highest BCUT2D eigenvalue weighted by Crippen LogP contribution is 2.28. The fraction of sp³-hybridized carbons (Fsp3) is 0.130. The molecule has 26 heavy (non-hydrogen) atoms. The van der Waals surface area contributed by atoms with Gasteiger partial charge in [-0.25, -0.2) is 4.98 Å². The zero-order valence-electron chi connectivity index (χ0n) is 15.1. The predicted octanol–water partition coefficient (Wildman–Crippen LogP) is 4.69. The van der Waals surface area contributed by atoms with Crippen LogP contribution in [-0.2, 0) is 0 Å². The Labute approximate surface area is 152 Å². The number of pyridine rings is 2. The van der Waals surface area contributed by atoms with Crippen molar-refractivity contribution in [3.05, 3.63) is 76.5 Å². The quantitative estimate of drug-likeness (QED) is 0.374. The van der Waals surface area contributed by atoms with Gasteiger partial charge in [0.15, 0.2) is 5.82 Å². The van der Waals surface area contributed by atoms with Crippen molar-refractivity contribution in [3.63, 3.8) is 0 Å². The number of aromatic nitrogens is 2. The van der Waals surface area contributed by atoms with E-state index < -0.39 is 0 Å². The Kier molecular flexibility index (Phi) is 3.82. The van der Waals surface area contributed by atoms with Crippen molar-refractivity contribution in [1.29, 1.82) is 0 Å². The van der Waals surface area contributed by atoms with E-state index in [2.05, 4.69) is 54.7 Å². The molecule has 0 saturated heterocycles. The molecular weight excluding hydrogens is 318 g/mol. The van der Waals surface area contributed by atoms with Gasteiger partial charge in [-0.05, 0) is 44.0 Å². The van der Waals surface area contributed by atoms with E-state index in [1.54, 1.807) is 6.20 Å². The lowest BCUT2D eigenvalue weighted by atomic mass is 9.99. The van der Waals surface area contributed by atoms with Gasteiger partial charge in [0, 0.05) is 28.1 Å². The zero-order chi connectivity index (χ0) is 18.3. The molecule has 0 amide bonds. The smallest absolute Gasteiger partial charge is 0.150 e. The molecule has 4 rings (SSSR count). The molecule has 3 nitrogen and oxygen atoms in total. The van der Waals surface area contributed by atoms with Gasteiger partial charge >= 0.3 is 0 Å². The first-order chi connectivity index (χ1) is 12.5. The first kappa shape index (κ1) is 16.1. The van der Waals surface area contributed by atoms with Crippen molar-refractivity contribution in [2.45, 2.75) is 20.8 Å². The third kappa shape index (κ3) is 2.66. The molecule has 3 heteroatoms. The lowest BCUT2D eigenvalue weighted by Gasteiger charge is -2.08. The standard InChI is InChI=1S/C23H19N3/c1-14-12-15(2)18(16(3)13-14)9-8-17-10-11-25-22-21(17)19-6-4-5-7-20(19)26-23(22)24/h4-7,10-13H,1-3H3,(H2,24,26). The van der Waals surface area contributed by atoms with E-state index in [1.807, 2.05) is 30.3 Å². The van der Waals surface area contributed by atoms with Crippen LogP contribution < -0.4 is 5.73 Å². The highest BCUT2D eigenvalue weighted by Gasteiger charge is 2.10. The SMILES string of the molecule is Cc1cc(C)c(C#Cc2ccnc3c(N)nc4ccccc4c23)c(C)c1. The summed E-state index contributed by atoms with van der Waals surface area (Å²) < 4.78 is 0. The minimum Gasteiger partial charge on any atom is -0.382 e. The predicted molar refractivity (Wildman–Crippen MR) is 108 cm³/mol.